The normalized spacial score (nSPS) is 19.3. The number of aliphatic hydroxyl groups is 5. The van der Waals surface area contributed by atoms with Gasteiger partial charge in [0.05, 0.1) is 13.2 Å². The average Bonchev–Trinajstić information content (AvgIpc) is 0.825. The summed E-state index contributed by atoms with van der Waals surface area (Å²) < 4.78 is 34.0. The lowest BCUT2D eigenvalue weighted by Crippen LogP contribution is -2.66. The van der Waals surface area contributed by atoms with Gasteiger partial charge in [0.2, 0.25) is 35.4 Å². The predicted octanol–water partition coefficient (Wildman–Crippen LogP) is 3.87. The Morgan fingerprint density at radius 2 is 1.07 bits per heavy atom. The third kappa shape index (κ3) is 37.5. The van der Waals surface area contributed by atoms with Crippen LogP contribution >= 0.6 is 0 Å². The molecule has 0 aliphatic carbocycles. The molecule has 0 radical (unpaired) electrons. The van der Waals surface area contributed by atoms with E-state index < -0.39 is 165 Å². The number of unbranched alkanes of at least 4 members (excludes halogenated alkanes) is 24. The minimum absolute atomic E-state index is 0.122. The van der Waals surface area contributed by atoms with Gasteiger partial charge < -0.3 is 91.1 Å². The summed E-state index contributed by atoms with van der Waals surface area (Å²) in [4.78, 5) is 128. The largest absolute Gasteiger partial charge is 0.462 e. The second-order valence-electron chi connectivity index (χ2n) is 24.3. The molecule has 1 fully saturated rings. The maximum Gasteiger partial charge on any atom is 0.328 e. The zero-order valence-corrected chi connectivity index (χ0v) is 56.0. The number of rotatable bonds is 55. The van der Waals surface area contributed by atoms with Gasteiger partial charge in [-0.05, 0) is 40.0 Å². The number of primary amides is 1. The lowest BCUT2D eigenvalue weighted by Gasteiger charge is -2.45. The molecule has 0 spiro atoms. The summed E-state index contributed by atoms with van der Waals surface area (Å²) in [6, 6.07) is -7.56. The molecule has 12 N–H and O–H groups in total. The Balaban J connectivity index is 2.93. The number of ether oxygens (including phenoxy) is 6. The van der Waals surface area contributed by atoms with Gasteiger partial charge in [0.15, 0.2) is 12.4 Å². The number of nitrogens with one attached hydrogen (secondary N) is 5. The summed E-state index contributed by atoms with van der Waals surface area (Å²) >= 11 is 0. The molecule has 92 heavy (non-hydrogen) atoms. The number of nitrogens with two attached hydrogens (primary N) is 1. The number of carbonyl (C=O) groups is 10. The number of aliphatic hydroxyl groups excluding tert-OH is 5. The van der Waals surface area contributed by atoms with E-state index in [1.54, 1.807) is 0 Å². The van der Waals surface area contributed by atoms with E-state index in [1.807, 2.05) is 0 Å². The Hall–Kier alpha value is -5.42. The van der Waals surface area contributed by atoms with E-state index in [4.69, 9.17) is 34.2 Å². The number of carbonyl (C=O) groups excluding carboxylic acids is 10. The Morgan fingerprint density at radius 1 is 0.576 bits per heavy atom. The van der Waals surface area contributed by atoms with Crippen LogP contribution in [-0.2, 0) is 76.4 Å². The molecule has 0 aromatic carbocycles. The van der Waals surface area contributed by atoms with Gasteiger partial charge >= 0.3 is 17.9 Å². The van der Waals surface area contributed by atoms with Crippen LogP contribution in [0, 0.1) is 0 Å². The second-order valence-corrected chi connectivity index (χ2v) is 24.3. The molecule has 27 heteroatoms. The van der Waals surface area contributed by atoms with Crippen molar-refractivity contribution in [3.63, 3.8) is 0 Å². The standard InChI is InChI=1S/C65H116N6O21/c1-8-10-12-14-16-18-20-22-24-26-28-30-32-34-54(79)87-41-48(90-55(80)35-33-31-29-27-25-23-21-19-17-15-13-11-9-2)42-88-64(86)44(4)67-53(78)37-36-49(61(66)83)71-62(84)43(3)68-63(85)45(5)89-59(50(38-72)69-46(6)75)60(51(77)39-73)92-65-56(70-47(7)76)58(82)57(81)52(40-74)91-65/h38,43-45,48-52,56-60,65,73-74,77,81-82H,8-37,39-42H2,1-7H3,(H2,66,83)(H,67,78)(H,68,85)(H,69,75)(H,70,76)(H,71,84). The van der Waals surface area contributed by atoms with Gasteiger partial charge in [-0.3, -0.25) is 38.4 Å². The van der Waals surface area contributed by atoms with Gasteiger partial charge in [-0.2, -0.15) is 0 Å². The van der Waals surface area contributed by atoms with Gasteiger partial charge in [-0.15, -0.1) is 0 Å². The van der Waals surface area contributed by atoms with E-state index in [2.05, 4.69) is 40.4 Å². The van der Waals surface area contributed by atoms with Gasteiger partial charge in [-0.25, -0.2) is 4.79 Å². The summed E-state index contributed by atoms with van der Waals surface area (Å²) in [5, 5.41) is 64.0. The van der Waals surface area contributed by atoms with E-state index in [0.717, 1.165) is 72.1 Å². The molecule has 14 unspecified atom stereocenters. The number of hydrogen-bond acceptors (Lipinski definition) is 21. The SMILES string of the molecule is CCCCCCCCCCCCCCCC(=O)OCC(COC(=O)C(C)NC(=O)CCC(NC(=O)C(C)NC(=O)C(C)OC(C(C=O)NC(C)=O)C(OC1OC(CO)C(O)C(O)C1NC(C)=O)C(O)CO)C(N)=O)OC(=O)CCCCCCCCCCCCCCC. The highest BCUT2D eigenvalue weighted by atomic mass is 16.7. The lowest BCUT2D eigenvalue weighted by atomic mass is 9.96. The number of hydrogen-bond donors (Lipinski definition) is 11. The van der Waals surface area contributed by atoms with E-state index in [9.17, 15) is 73.5 Å². The maximum atomic E-state index is 13.6. The van der Waals surface area contributed by atoms with Crippen LogP contribution in [0.25, 0.3) is 0 Å². The molecule has 1 rings (SSSR count). The number of aldehydes is 1. The smallest absolute Gasteiger partial charge is 0.328 e. The van der Waals surface area contributed by atoms with Crippen LogP contribution in [0.3, 0.4) is 0 Å². The van der Waals surface area contributed by atoms with Gasteiger partial charge in [-0.1, -0.05) is 168 Å². The summed E-state index contributed by atoms with van der Waals surface area (Å²) in [6.07, 6.45) is 13.7. The zero-order chi connectivity index (χ0) is 68.8. The molecule has 0 bridgehead atoms. The molecular weight excluding hydrogens is 1200 g/mol. The zero-order valence-electron chi connectivity index (χ0n) is 56.0. The quantitative estimate of drug-likeness (QED) is 0.0178. The van der Waals surface area contributed by atoms with Crippen LogP contribution in [-0.4, -0.2) is 197 Å². The summed E-state index contributed by atoms with van der Waals surface area (Å²) in [7, 11) is 0. The first-order valence-corrected chi connectivity index (χ1v) is 33.9. The Bertz CT molecular complexity index is 2130. The number of esters is 3. The van der Waals surface area contributed by atoms with Crippen molar-refractivity contribution in [2.24, 2.45) is 5.73 Å². The molecule has 27 nitrogen and oxygen atoms in total. The van der Waals surface area contributed by atoms with Gasteiger partial charge in [0.25, 0.3) is 0 Å². The molecule has 0 aromatic rings. The third-order valence-corrected chi connectivity index (χ3v) is 15.9. The van der Waals surface area contributed by atoms with Crippen molar-refractivity contribution in [1.82, 2.24) is 26.6 Å². The Kier molecular flexibility index (Phi) is 46.9. The lowest BCUT2D eigenvalue weighted by molar-refractivity contribution is -0.302. The minimum atomic E-state index is -2.01. The van der Waals surface area contributed by atoms with Gasteiger partial charge in [0, 0.05) is 33.1 Å². The van der Waals surface area contributed by atoms with E-state index >= 15 is 0 Å². The van der Waals surface area contributed by atoms with Gasteiger partial charge in [0.1, 0.15) is 92.4 Å². The van der Waals surface area contributed by atoms with Crippen molar-refractivity contribution in [3.8, 4) is 0 Å². The fourth-order valence-corrected chi connectivity index (χ4v) is 10.4. The first kappa shape index (κ1) is 84.6. The summed E-state index contributed by atoms with van der Waals surface area (Å²) in [6.45, 7) is 7.38. The van der Waals surface area contributed by atoms with Crippen molar-refractivity contribution < 1.29 is 102 Å². The summed E-state index contributed by atoms with van der Waals surface area (Å²) in [5.74, 6) is -7.35. The average molecular weight is 1320 g/mol. The Labute approximate surface area is 544 Å². The van der Waals surface area contributed by atoms with Crippen molar-refractivity contribution in [2.45, 2.75) is 326 Å². The first-order valence-electron chi connectivity index (χ1n) is 33.9. The van der Waals surface area contributed by atoms with E-state index in [-0.39, 0.29) is 32.2 Å². The van der Waals surface area contributed by atoms with Crippen LogP contribution in [0.1, 0.15) is 241 Å². The molecule has 14 atom stereocenters. The van der Waals surface area contributed by atoms with E-state index in [0.29, 0.717) is 12.8 Å². The summed E-state index contributed by atoms with van der Waals surface area (Å²) in [5.41, 5.74) is 5.58. The minimum Gasteiger partial charge on any atom is -0.462 e. The molecule has 6 amide bonds. The fourth-order valence-electron chi connectivity index (χ4n) is 10.4. The first-order chi connectivity index (χ1) is 43.9. The van der Waals surface area contributed by atoms with Crippen LogP contribution in [0.15, 0.2) is 0 Å². The number of amides is 6. The highest BCUT2D eigenvalue weighted by Gasteiger charge is 2.49. The maximum absolute atomic E-state index is 13.6. The monoisotopic (exact) mass is 1320 g/mol. The van der Waals surface area contributed by atoms with Crippen LogP contribution in [0.2, 0.25) is 0 Å². The van der Waals surface area contributed by atoms with Crippen molar-refractivity contribution >= 4 is 59.6 Å². The third-order valence-electron chi connectivity index (χ3n) is 15.9. The Morgan fingerprint density at radius 3 is 1.52 bits per heavy atom. The molecule has 532 valence electrons. The molecule has 0 saturated carbocycles. The fraction of sp³-hybridized carbons (Fsp3) is 0.846. The second kappa shape index (κ2) is 51.0. The highest BCUT2D eigenvalue weighted by molar-refractivity contribution is 5.92. The predicted molar refractivity (Wildman–Crippen MR) is 339 cm³/mol. The molecule has 1 aliphatic rings. The highest BCUT2D eigenvalue weighted by Crippen LogP contribution is 2.27. The molecule has 1 aliphatic heterocycles. The van der Waals surface area contributed by atoms with Crippen molar-refractivity contribution in [1.29, 1.82) is 0 Å². The van der Waals surface area contributed by atoms with E-state index in [1.165, 1.54) is 117 Å². The van der Waals surface area contributed by atoms with Crippen LogP contribution < -0.4 is 32.3 Å². The molecule has 0 aromatic heterocycles. The van der Waals surface area contributed by atoms with Crippen molar-refractivity contribution in [2.75, 3.05) is 26.4 Å². The molecule has 1 saturated heterocycles. The molecular formula is C65H116N6O21. The van der Waals surface area contributed by atoms with Crippen LogP contribution in [0.4, 0.5) is 0 Å². The molecule has 1 heterocycles. The topological polar surface area (TPSA) is 413 Å². The van der Waals surface area contributed by atoms with Crippen LogP contribution in [0.5, 0.6) is 0 Å². The van der Waals surface area contributed by atoms with Crippen molar-refractivity contribution in [3.05, 3.63) is 0 Å².